The molecule has 120 valence electrons. The summed E-state index contributed by atoms with van der Waals surface area (Å²) in [5.41, 5.74) is 6.94. The number of benzene rings is 1. The Hall–Kier alpha value is -0.590. The number of unbranched alkanes of at least 4 members (excludes halogenated alkanes) is 1. The number of hydrogen-bond acceptors (Lipinski definition) is 3. The molecular formula is C15H25BrN2O2S. The minimum Gasteiger partial charge on any atom is -0.398 e. The maximum Gasteiger partial charge on any atom is 0.241 e. The van der Waals surface area contributed by atoms with Gasteiger partial charge in [-0.25, -0.2) is 13.1 Å². The molecule has 3 N–H and O–H groups in total. The topological polar surface area (TPSA) is 72.2 Å². The van der Waals surface area contributed by atoms with E-state index in [1.54, 1.807) is 13.0 Å². The van der Waals surface area contributed by atoms with Crippen molar-refractivity contribution in [3.05, 3.63) is 22.2 Å². The van der Waals surface area contributed by atoms with E-state index in [4.69, 9.17) is 5.73 Å². The lowest BCUT2D eigenvalue weighted by atomic mass is 10.1. The molecule has 1 rings (SSSR count). The van der Waals surface area contributed by atoms with E-state index in [9.17, 15) is 8.42 Å². The fourth-order valence-electron chi connectivity index (χ4n) is 2.30. The van der Waals surface area contributed by atoms with E-state index in [0.29, 0.717) is 11.3 Å². The molecule has 0 spiro atoms. The maximum absolute atomic E-state index is 12.6. The summed E-state index contributed by atoms with van der Waals surface area (Å²) >= 11 is 3.32. The van der Waals surface area contributed by atoms with E-state index in [1.807, 2.05) is 0 Å². The number of anilines is 1. The van der Waals surface area contributed by atoms with Gasteiger partial charge in [-0.1, -0.05) is 33.1 Å². The molecule has 21 heavy (non-hydrogen) atoms. The Kier molecular flexibility index (Phi) is 7.16. The quantitative estimate of drug-likeness (QED) is 0.673. The molecule has 0 bridgehead atoms. The Morgan fingerprint density at radius 3 is 2.48 bits per heavy atom. The standard InChI is InChI=1S/C15H25BrN2O2S/c1-4-6-8-12(7-5-2)18-21(19,20)15-10-14(17)13(16)9-11(15)3/h9-10,12,18H,4-8,17H2,1-3H3. The fraction of sp³-hybridized carbons (Fsp3) is 0.600. The van der Waals surface area contributed by atoms with Crippen molar-refractivity contribution in [2.24, 2.45) is 0 Å². The lowest BCUT2D eigenvalue weighted by molar-refractivity contribution is 0.483. The predicted octanol–water partition coefficient (Wildman–Crippen LogP) is 3.98. The third kappa shape index (κ3) is 5.27. The number of nitrogens with two attached hydrogens (primary N) is 1. The van der Waals surface area contributed by atoms with Crippen LogP contribution in [0.1, 0.15) is 51.5 Å². The molecule has 4 nitrogen and oxygen atoms in total. The van der Waals surface area contributed by atoms with Crippen LogP contribution >= 0.6 is 15.9 Å². The smallest absolute Gasteiger partial charge is 0.241 e. The second-order valence-electron chi connectivity index (χ2n) is 5.39. The zero-order valence-electron chi connectivity index (χ0n) is 12.9. The normalized spacial score (nSPS) is 13.3. The van der Waals surface area contributed by atoms with Gasteiger partial charge in [0, 0.05) is 16.2 Å². The van der Waals surface area contributed by atoms with E-state index < -0.39 is 10.0 Å². The summed E-state index contributed by atoms with van der Waals surface area (Å²) < 4.78 is 28.7. The lowest BCUT2D eigenvalue weighted by Gasteiger charge is -2.19. The minimum atomic E-state index is -3.53. The van der Waals surface area contributed by atoms with Crippen LogP contribution in [0.25, 0.3) is 0 Å². The number of sulfonamides is 1. The first-order chi connectivity index (χ1) is 9.81. The molecule has 0 saturated carbocycles. The monoisotopic (exact) mass is 376 g/mol. The van der Waals surface area contributed by atoms with Gasteiger partial charge < -0.3 is 5.73 Å². The van der Waals surface area contributed by atoms with Crippen molar-refractivity contribution >= 4 is 31.6 Å². The Morgan fingerprint density at radius 2 is 1.90 bits per heavy atom. The van der Waals surface area contributed by atoms with Crippen molar-refractivity contribution in [2.75, 3.05) is 5.73 Å². The van der Waals surface area contributed by atoms with Crippen molar-refractivity contribution in [3.63, 3.8) is 0 Å². The van der Waals surface area contributed by atoms with Crippen molar-refractivity contribution in [2.45, 2.75) is 63.8 Å². The molecule has 0 aliphatic carbocycles. The number of nitrogens with one attached hydrogen (secondary N) is 1. The SMILES string of the molecule is CCCCC(CCC)NS(=O)(=O)c1cc(N)c(Br)cc1C. The van der Waals surface area contributed by atoms with Gasteiger partial charge in [-0.2, -0.15) is 0 Å². The van der Waals surface area contributed by atoms with Crippen molar-refractivity contribution in [1.82, 2.24) is 4.72 Å². The van der Waals surface area contributed by atoms with Gasteiger partial charge in [0.25, 0.3) is 0 Å². The molecule has 6 heteroatoms. The van der Waals surface area contributed by atoms with Crippen molar-refractivity contribution in [1.29, 1.82) is 0 Å². The van der Waals surface area contributed by atoms with Gasteiger partial charge in [0.05, 0.1) is 4.90 Å². The zero-order valence-corrected chi connectivity index (χ0v) is 15.4. The lowest BCUT2D eigenvalue weighted by Crippen LogP contribution is -2.35. The van der Waals surface area contributed by atoms with Crippen LogP contribution < -0.4 is 10.5 Å². The first-order valence-electron chi connectivity index (χ1n) is 7.39. The summed E-state index contributed by atoms with van der Waals surface area (Å²) in [5, 5.41) is 0. The largest absolute Gasteiger partial charge is 0.398 e. The molecule has 0 aromatic heterocycles. The average molecular weight is 377 g/mol. The summed E-state index contributed by atoms with van der Waals surface area (Å²) in [5.74, 6) is 0. The molecule has 0 radical (unpaired) electrons. The van der Waals surface area contributed by atoms with E-state index in [-0.39, 0.29) is 10.9 Å². The molecule has 0 aliphatic rings. The molecule has 0 saturated heterocycles. The average Bonchev–Trinajstić information content (AvgIpc) is 2.40. The second-order valence-corrected chi connectivity index (χ2v) is 7.93. The van der Waals surface area contributed by atoms with Gasteiger partial charge in [-0.05, 0) is 53.4 Å². The molecule has 1 aromatic rings. The van der Waals surface area contributed by atoms with Crippen LogP contribution in [0.5, 0.6) is 0 Å². The number of rotatable bonds is 8. The molecule has 0 fully saturated rings. The van der Waals surface area contributed by atoms with Gasteiger partial charge in [0.1, 0.15) is 0 Å². The maximum atomic E-state index is 12.6. The summed E-state index contributed by atoms with van der Waals surface area (Å²) in [6.45, 7) is 5.95. The first kappa shape index (κ1) is 18.5. The van der Waals surface area contributed by atoms with Crippen LogP contribution in [0.2, 0.25) is 0 Å². The second kappa shape index (κ2) is 8.15. The molecule has 1 unspecified atom stereocenters. The van der Waals surface area contributed by atoms with Gasteiger partial charge in [0.2, 0.25) is 10.0 Å². The number of halogens is 1. The van der Waals surface area contributed by atoms with Crippen molar-refractivity contribution < 1.29 is 8.42 Å². The highest BCUT2D eigenvalue weighted by atomic mass is 79.9. The highest BCUT2D eigenvalue weighted by Gasteiger charge is 2.22. The molecule has 1 aromatic carbocycles. The molecule has 0 aliphatic heterocycles. The first-order valence-corrected chi connectivity index (χ1v) is 9.67. The Bertz CT molecular complexity index is 573. The molecule has 1 atom stereocenters. The third-order valence-corrected chi connectivity index (χ3v) is 5.80. The van der Waals surface area contributed by atoms with Crippen LogP contribution in [0.3, 0.4) is 0 Å². The van der Waals surface area contributed by atoms with Gasteiger partial charge in [-0.3, -0.25) is 0 Å². The molecule has 0 amide bonds. The minimum absolute atomic E-state index is 0.00998. The summed E-state index contributed by atoms with van der Waals surface area (Å²) in [6, 6.07) is 3.25. The third-order valence-electron chi connectivity index (χ3n) is 3.45. The summed E-state index contributed by atoms with van der Waals surface area (Å²) in [4.78, 5) is 0.265. The highest BCUT2D eigenvalue weighted by Crippen LogP contribution is 2.27. The molecule has 0 heterocycles. The Morgan fingerprint density at radius 1 is 1.24 bits per heavy atom. The van der Waals surface area contributed by atoms with E-state index in [1.165, 1.54) is 6.07 Å². The van der Waals surface area contributed by atoms with Crippen LogP contribution in [-0.4, -0.2) is 14.5 Å². The van der Waals surface area contributed by atoms with E-state index in [2.05, 4.69) is 34.5 Å². The van der Waals surface area contributed by atoms with E-state index in [0.717, 1.165) is 36.6 Å². The van der Waals surface area contributed by atoms with Crippen LogP contribution in [0.4, 0.5) is 5.69 Å². The van der Waals surface area contributed by atoms with Crippen LogP contribution in [0.15, 0.2) is 21.5 Å². The summed E-state index contributed by atoms with van der Waals surface area (Å²) in [6.07, 6.45) is 4.76. The van der Waals surface area contributed by atoms with E-state index >= 15 is 0 Å². The number of nitrogen functional groups attached to an aromatic ring is 1. The van der Waals surface area contributed by atoms with Gasteiger partial charge in [0.15, 0.2) is 0 Å². The number of aryl methyl sites for hydroxylation is 1. The Labute approximate surface area is 136 Å². The van der Waals surface area contributed by atoms with Crippen molar-refractivity contribution in [3.8, 4) is 0 Å². The molecular weight excluding hydrogens is 352 g/mol. The zero-order chi connectivity index (χ0) is 16.0. The fourth-order valence-corrected chi connectivity index (χ4v) is 4.33. The van der Waals surface area contributed by atoms with Crippen LogP contribution in [-0.2, 0) is 10.0 Å². The summed E-state index contributed by atoms with van der Waals surface area (Å²) in [7, 11) is -3.53. The Balaban J connectivity index is 3.01. The van der Waals surface area contributed by atoms with Gasteiger partial charge >= 0.3 is 0 Å². The van der Waals surface area contributed by atoms with Crippen LogP contribution in [0, 0.1) is 6.92 Å². The predicted molar refractivity (Wildman–Crippen MR) is 91.8 cm³/mol. The highest BCUT2D eigenvalue weighted by molar-refractivity contribution is 9.10. The van der Waals surface area contributed by atoms with Gasteiger partial charge in [-0.15, -0.1) is 0 Å². The number of hydrogen-bond donors (Lipinski definition) is 2.